The Kier molecular flexibility index (Phi) is 5.53. The average Bonchev–Trinajstić information content (AvgIpc) is 2.63. The number of rotatable bonds is 5. The molecule has 132 valence electrons. The van der Waals surface area contributed by atoms with Crippen molar-refractivity contribution >= 4 is 34.4 Å². The first-order valence-corrected chi connectivity index (χ1v) is 9.24. The molecule has 0 radical (unpaired) electrons. The minimum absolute atomic E-state index is 0.0859. The van der Waals surface area contributed by atoms with Crippen LogP contribution in [0.2, 0.25) is 0 Å². The number of fused-ring (bicyclic) bond motifs is 1. The zero-order chi connectivity index (χ0) is 17.8. The van der Waals surface area contributed by atoms with Gasteiger partial charge < -0.3 is 4.74 Å². The molecule has 0 amide bonds. The van der Waals surface area contributed by atoms with Crippen LogP contribution in [0.4, 0.5) is 0 Å². The van der Waals surface area contributed by atoms with Crippen molar-refractivity contribution in [2.24, 2.45) is 0 Å². The van der Waals surface area contributed by atoms with Gasteiger partial charge in [0.2, 0.25) is 0 Å². The molecule has 1 aliphatic carbocycles. The van der Waals surface area contributed by atoms with Crippen LogP contribution in [-0.4, -0.2) is 33.7 Å². The summed E-state index contributed by atoms with van der Waals surface area (Å²) in [7, 11) is 1.32. The van der Waals surface area contributed by atoms with E-state index in [-0.39, 0.29) is 35.5 Å². The number of hydrogen-bond acceptors (Lipinski definition) is 6. The molecule has 1 aromatic heterocycles. The van der Waals surface area contributed by atoms with E-state index in [2.05, 4.69) is 9.72 Å². The maximum Gasteiger partial charge on any atom is 0.307 e. The molecule has 0 bridgehead atoms. The van der Waals surface area contributed by atoms with Gasteiger partial charge in [-0.3, -0.25) is 19.0 Å². The molecule has 1 aromatic carbocycles. The van der Waals surface area contributed by atoms with Gasteiger partial charge in [-0.2, -0.15) is 0 Å². The first kappa shape index (κ1) is 17.7. The first-order valence-electron chi connectivity index (χ1n) is 8.36. The van der Waals surface area contributed by atoms with Gasteiger partial charge in [0.25, 0.3) is 5.56 Å². The Morgan fingerprint density at radius 3 is 2.88 bits per heavy atom. The first-order chi connectivity index (χ1) is 12.1. The van der Waals surface area contributed by atoms with Crippen molar-refractivity contribution in [3.63, 3.8) is 0 Å². The second-order valence-corrected chi connectivity index (χ2v) is 7.18. The minimum atomic E-state index is -0.384. The second kappa shape index (κ2) is 7.82. The Morgan fingerprint density at radius 2 is 2.12 bits per heavy atom. The summed E-state index contributed by atoms with van der Waals surface area (Å²) in [5.74, 6) is -0.178. The molecule has 0 unspecified atom stereocenters. The second-order valence-electron chi connectivity index (χ2n) is 6.01. The Labute approximate surface area is 149 Å². The van der Waals surface area contributed by atoms with E-state index in [0.29, 0.717) is 22.5 Å². The number of Topliss-reactive ketones (excluding diaryl/α,β-unsaturated/α-hetero) is 1. The number of carbonyl (C=O) groups excluding carboxylic acids is 2. The van der Waals surface area contributed by atoms with Crippen LogP contribution in [0.5, 0.6) is 0 Å². The van der Waals surface area contributed by atoms with Crippen LogP contribution in [-0.2, 0) is 20.9 Å². The van der Waals surface area contributed by atoms with Crippen molar-refractivity contribution in [1.82, 2.24) is 9.55 Å². The molecular formula is C18H20N2O4S. The number of para-hydroxylation sites is 1. The maximum absolute atomic E-state index is 12.8. The van der Waals surface area contributed by atoms with E-state index in [1.807, 2.05) is 6.07 Å². The number of methoxy groups -OCH3 is 1. The zero-order valence-corrected chi connectivity index (χ0v) is 14.9. The van der Waals surface area contributed by atoms with Gasteiger partial charge in [-0.1, -0.05) is 30.3 Å². The summed E-state index contributed by atoms with van der Waals surface area (Å²) in [6.45, 7) is 0.187. The summed E-state index contributed by atoms with van der Waals surface area (Å²) in [6, 6.07) is 7.12. The fraction of sp³-hybridized carbons (Fsp3) is 0.444. The fourth-order valence-corrected chi connectivity index (χ4v) is 4.18. The van der Waals surface area contributed by atoms with Crippen LogP contribution in [0.25, 0.3) is 10.9 Å². The van der Waals surface area contributed by atoms with Gasteiger partial charge in [-0.15, -0.1) is 0 Å². The number of carbonyl (C=O) groups is 2. The third-order valence-electron chi connectivity index (χ3n) is 4.34. The molecule has 3 rings (SSSR count). The molecule has 1 heterocycles. The quantitative estimate of drug-likeness (QED) is 0.602. The van der Waals surface area contributed by atoms with E-state index in [1.165, 1.54) is 23.4 Å². The van der Waals surface area contributed by atoms with Crippen molar-refractivity contribution < 1.29 is 14.3 Å². The van der Waals surface area contributed by atoms with Crippen LogP contribution in [0.15, 0.2) is 34.2 Å². The smallest absolute Gasteiger partial charge is 0.307 e. The lowest BCUT2D eigenvalue weighted by Crippen LogP contribution is -2.27. The van der Waals surface area contributed by atoms with E-state index < -0.39 is 0 Å². The molecule has 1 atom stereocenters. The number of ether oxygens (including phenoxy) is 1. The molecule has 1 aliphatic rings. The molecule has 7 heteroatoms. The Balaban J connectivity index is 1.99. The van der Waals surface area contributed by atoms with Crippen molar-refractivity contribution in [3.8, 4) is 0 Å². The highest BCUT2D eigenvalue weighted by Crippen LogP contribution is 2.31. The van der Waals surface area contributed by atoms with E-state index in [0.717, 1.165) is 19.3 Å². The summed E-state index contributed by atoms with van der Waals surface area (Å²) in [6.07, 6.45) is 3.39. The number of thioether (sulfide) groups is 1. The number of aromatic nitrogens is 2. The van der Waals surface area contributed by atoms with Gasteiger partial charge in [0, 0.05) is 13.0 Å². The lowest BCUT2D eigenvalue weighted by molar-refractivity contribution is -0.140. The monoisotopic (exact) mass is 360 g/mol. The van der Waals surface area contributed by atoms with Crippen molar-refractivity contribution in [3.05, 3.63) is 34.6 Å². The van der Waals surface area contributed by atoms with Crippen molar-refractivity contribution in [2.75, 3.05) is 7.11 Å². The highest BCUT2D eigenvalue weighted by Gasteiger charge is 2.25. The molecule has 25 heavy (non-hydrogen) atoms. The fourth-order valence-electron chi connectivity index (χ4n) is 2.94. The predicted octanol–water partition coefficient (Wildman–Crippen LogP) is 2.56. The number of nitrogens with zero attached hydrogens (tertiary/aromatic N) is 2. The van der Waals surface area contributed by atoms with Crippen LogP contribution < -0.4 is 5.56 Å². The molecule has 1 saturated carbocycles. The molecule has 0 saturated heterocycles. The maximum atomic E-state index is 12.8. The standard InChI is InChI=1S/C18H20N2O4S/c1-24-16(22)10-11-20-17(23)12-6-2-3-7-13(12)19-18(20)25-15-9-5-4-8-14(15)21/h2-3,6-7,15H,4-5,8-11H2,1H3/t15-/m0/s1. The Bertz CT molecular complexity index is 862. The average molecular weight is 360 g/mol. The van der Waals surface area contributed by atoms with Gasteiger partial charge in [0.1, 0.15) is 5.78 Å². The summed E-state index contributed by atoms with van der Waals surface area (Å²) in [5.41, 5.74) is 0.410. The summed E-state index contributed by atoms with van der Waals surface area (Å²) >= 11 is 1.34. The zero-order valence-electron chi connectivity index (χ0n) is 14.1. The van der Waals surface area contributed by atoms with Crippen LogP contribution in [0.1, 0.15) is 32.1 Å². The highest BCUT2D eigenvalue weighted by atomic mass is 32.2. The van der Waals surface area contributed by atoms with Gasteiger partial charge in [-0.25, -0.2) is 4.98 Å². The molecule has 0 N–H and O–H groups in total. The van der Waals surface area contributed by atoms with E-state index in [9.17, 15) is 14.4 Å². The molecule has 0 spiro atoms. The third kappa shape index (κ3) is 3.92. The molecular weight excluding hydrogens is 340 g/mol. The van der Waals surface area contributed by atoms with Gasteiger partial charge in [-0.05, 0) is 25.0 Å². The van der Waals surface area contributed by atoms with Crippen molar-refractivity contribution in [1.29, 1.82) is 0 Å². The lowest BCUT2D eigenvalue weighted by atomic mass is 9.99. The van der Waals surface area contributed by atoms with E-state index in [4.69, 9.17) is 0 Å². The van der Waals surface area contributed by atoms with Gasteiger partial charge in [0.15, 0.2) is 5.16 Å². The number of hydrogen-bond donors (Lipinski definition) is 0. The summed E-state index contributed by atoms with van der Waals surface area (Å²) in [5, 5.41) is 0.825. The van der Waals surface area contributed by atoms with Crippen LogP contribution in [0.3, 0.4) is 0 Å². The number of ketones is 1. The van der Waals surface area contributed by atoms with Crippen LogP contribution >= 0.6 is 11.8 Å². The van der Waals surface area contributed by atoms with Crippen LogP contribution in [0, 0.1) is 0 Å². The lowest BCUT2D eigenvalue weighted by Gasteiger charge is -2.21. The largest absolute Gasteiger partial charge is 0.469 e. The van der Waals surface area contributed by atoms with E-state index in [1.54, 1.807) is 18.2 Å². The Hall–Kier alpha value is -2.15. The number of benzene rings is 1. The topological polar surface area (TPSA) is 78.3 Å². The normalized spacial score (nSPS) is 17.6. The number of esters is 1. The summed E-state index contributed by atoms with van der Waals surface area (Å²) in [4.78, 5) is 41.1. The molecule has 2 aromatic rings. The Morgan fingerprint density at radius 1 is 1.32 bits per heavy atom. The molecule has 1 fully saturated rings. The SMILES string of the molecule is COC(=O)CCn1c(S[C@H]2CCCCC2=O)nc2ccccc2c1=O. The minimum Gasteiger partial charge on any atom is -0.469 e. The molecule has 0 aliphatic heterocycles. The summed E-state index contributed by atoms with van der Waals surface area (Å²) < 4.78 is 6.16. The van der Waals surface area contributed by atoms with Gasteiger partial charge >= 0.3 is 5.97 Å². The highest BCUT2D eigenvalue weighted by molar-refractivity contribution is 8.00. The third-order valence-corrected chi connectivity index (χ3v) is 5.65. The van der Waals surface area contributed by atoms with Gasteiger partial charge in [0.05, 0.1) is 29.7 Å². The van der Waals surface area contributed by atoms with E-state index >= 15 is 0 Å². The molecule has 6 nitrogen and oxygen atoms in total. The predicted molar refractivity (Wildman–Crippen MR) is 95.8 cm³/mol. The van der Waals surface area contributed by atoms with Crippen molar-refractivity contribution in [2.45, 2.75) is 49.1 Å².